The molecule has 108 valence electrons. The molecule has 3 aromatic rings. The van der Waals surface area contributed by atoms with Gasteiger partial charge in [0.05, 0.1) is 17.9 Å². The van der Waals surface area contributed by atoms with E-state index in [1.165, 1.54) is 0 Å². The lowest BCUT2D eigenvalue weighted by atomic mass is 10.3. The molecule has 3 rings (SSSR count). The van der Waals surface area contributed by atoms with Crippen molar-refractivity contribution in [3.63, 3.8) is 0 Å². The van der Waals surface area contributed by atoms with E-state index >= 15 is 0 Å². The Hall–Kier alpha value is -2.63. The minimum absolute atomic E-state index is 0.337. The molecule has 0 saturated heterocycles. The highest BCUT2D eigenvalue weighted by molar-refractivity contribution is 5.40. The van der Waals surface area contributed by atoms with E-state index in [0.29, 0.717) is 12.6 Å². The molecule has 0 bridgehead atoms. The monoisotopic (exact) mass is 282 g/mol. The molecule has 0 amide bonds. The highest BCUT2D eigenvalue weighted by Crippen LogP contribution is 2.14. The quantitative estimate of drug-likeness (QED) is 0.781. The first-order chi connectivity index (χ1) is 10.3. The van der Waals surface area contributed by atoms with Crippen molar-refractivity contribution in [1.29, 1.82) is 0 Å². The molecule has 1 aromatic carbocycles. The number of rotatable bonds is 5. The first-order valence-electron chi connectivity index (χ1n) is 6.97. The number of nitrogens with zero attached hydrogens (tertiary/aromatic N) is 5. The molecule has 0 radical (unpaired) electrons. The van der Waals surface area contributed by atoms with E-state index < -0.39 is 0 Å². The van der Waals surface area contributed by atoms with Crippen LogP contribution in [0, 0.1) is 0 Å². The predicted molar refractivity (Wildman–Crippen MR) is 81.3 cm³/mol. The van der Waals surface area contributed by atoms with Gasteiger partial charge >= 0.3 is 0 Å². The minimum atomic E-state index is 0.337. The SMILES string of the molecule is CC(C)n1nccc1CNc1nncn1-c1ccccc1. The number of aromatic nitrogens is 5. The summed E-state index contributed by atoms with van der Waals surface area (Å²) in [5.74, 6) is 0.720. The summed E-state index contributed by atoms with van der Waals surface area (Å²) >= 11 is 0. The van der Waals surface area contributed by atoms with E-state index in [2.05, 4.69) is 34.5 Å². The van der Waals surface area contributed by atoms with Crippen LogP contribution in [0.15, 0.2) is 48.9 Å². The summed E-state index contributed by atoms with van der Waals surface area (Å²) in [4.78, 5) is 0. The fraction of sp³-hybridized carbons (Fsp3) is 0.267. The maximum absolute atomic E-state index is 4.33. The van der Waals surface area contributed by atoms with Crippen molar-refractivity contribution in [3.05, 3.63) is 54.6 Å². The van der Waals surface area contributed by atoms with E-state index in [1.54, 1.807) is 6.33 Å². The summed E-state index contributed by atoms with van der Waals surface area (Å²) in [7, 11) is 0. The average molecular weight is 282 g/mol. The number of hydrogen-bond acceptors (Lipinski definition) is 4. The summed E-state index contributed by atoms with van der Waals surface area (Å²) in [6.45, 7) is 4.88. The number of anilines is 1. The van der Waals surface area contributed by atoms with Crippen molar-refractivity contribution in [2.75, 3.05) is 5.32 Å². The predicted octanol–water partition coefficient (Wildman–Crippen LogP) is 2.66. The molecule has 2 aromatic heterocycles. The molecule has 1 N–H and O–H groups in total. The molecule has 0 aliphatic heterocycles. The third kappa shape index (κ3) is 2.79. The molecular weight excluding hydrogens is 264 g/mol. The van der Waals surface area contributed by atoms with Gasteiger partial charge in [0.2, 0.25) is 5.95 Å². The van der Waals surface area contributed by atoms with Gasteiger partial charge in [0.25, 0.3) is 0 Å². The van der Waals surface area contributed by atoms with Gasteiger partial charge < -0.3 is 5.32 Å². The molecule has 21 heavy (non-hydrogen) atoms. The molecule has 6 nitrogen and oxygen atoms in total. The van der Waals surface area contributed by atoms with Gasteiger partial charge in [-0.25, -0.2) is 0 Å². The fourth-order valence-electron chi connectivity index (χ4n) is 2.25. The largest absolute Gasteiger partial charge is 0.348 e. The van der Waals surface area contributed by atoms with Crippen molar-refractivity contribution in [2.24, 2.45) is 0 Å². The molecule has 0 fully saturated rings. The van der Waals surface area contributed by atoms with E-state index in [9.17, 15) is 0 Å². The number of benzene rings is 1. The lowest BCUT2D eigenvalue weighted by molar-refractivity contribution is 0.512. The fourth-order valence-corrected chi connectivity index (χ4v) is 2.25. The third-order valence-corrected chi connectivity index (χ3v) is 3.25. The molecule has 0 unspecified atom stereocenters. The van der Waals surface area contributed by atoms with Gasteiger partial charge in [-0.3, -0.25) is 9.25 Å². The normalized spacial score (nSPS) is 11.0. The van der Waals surface area contributed by atoms with Crippen molar-refractivity contribution in [2.45, 2.75) is 26.4 Å². The molecule has 6 heteroatoms. The smallest absolute Gasteiger partial charge is 0.229 e. The molecule has 2 heterocycles. The van der Waals surface area contributed by atoms with Crippen LogP contribution in [0.4, 0.5) is 5.95 Å². The Morgan fingerprint density at radius 3 is 2.71 bits per heavy atom. The molecule has 0 aliphatic carbocycles. The second kappa shape index (κ2) is 5.78. The van der Waals surface area contributed by atoms with E-state index in [1.807, 2.05) is 51.8 Å². The molecule has 0 aliphatic rings. The van der Waals surface area contributed by atoms with Crippen LogP contribution in [0.1, 0.15) is 25.6 Å². The Morgan fingerprint density at radius 2 is 1.95 bits per heavy atom. The minimum Gasteiger partial charge on any atom is -0.348 e. The maximum Gasteiger partial charge on any atom is 0.229 e. The van der Waals surface area contributed by atoms with Crippen LogP contribution >= 0.6 is 0 Å². The van der Waals surface area contributed by atoms with Gasteiger partial charge in [0, 0.05) is 12.2 Å². The lowest BCUT2D eigenvalue weighted by Gasteiger charge is -2.12. The van der Waals surface area contributed by atoms with Crippen LogP contribution in [0.5, 0.6) is 0 Å². The summed E-state index contributed by atoms with van der Waals surface area (Å²) in [5.41, 5.74) is 2.15. The standard InChI is InChI=1S/C15H18N6/c1-12(2)21-14(8-9-18-21)10-16-15-19-17-11-20(15)13-6-4-3-5-7-13/h3-9,11-12H,10H2,1-2H3,(H,16,19). The van der Waals surface area contributed by atoms with Gasteiger partial charge in [-0.05, 0) is 32.0 Å². The highest BCUT2D eigenvalue weighted by atomic mass is 15.3. The number of hydrogen-bond donors (Lipinski definition) is 1. The molecular formula is C15H18N6. The third-order valence-electron chi connectivity index (χ3n) is 3.25. The summed E-state index contributed by atoms with van der Waals surface area (Å²) < 4.78 is 3.92. The summed E-state index contributed by atoms with van der Waals surface area (Å²) in [5, 5.41) is 15.8. The van der Waals surface area contributed by atoms with Gasteiger partial charge in [-0.2, -0.15) is 5.10 Å². The first kappa shape index (κ1) is 13.4. The number of para-hydroxylation sites is 1. The van der Waals surface area contributed by atoms with Crippen molar-refractivity contribution in [3.8, 4) is 5.69 Å². The second-order valence-corrected chi connectivity index (χ2v) is 5.07. The van der Waals surface area contributed by atoms with Crippen molar-refractivity contribution < 1.29 is 0 Å². The van der Waals surface area contributed by atoms with Gasteiger partial charge in [0.1, 0.15) is 6.33 Å². The lowest BCUT2D eigenvalue weighted by Crippen LogP contribution is -2.12. The second-order valence-electron chi connectivity index (χ2n) is 5.07. The zero-order valence-electron chi connectivity index (χ0n) is 12.1. The highest BCUT2D eigenvalue weighted by Gasteiger charge is 2.09. The van der Waals surface area contributed by atoms with E-state index in [-0.39, 0.29) is 0 Å². The number of nitrogens with one attached hydrogen (secondary N) is 1. The van der Waals surface area contributed by atoms with Crippen LogP contribution in [0.25, 0.3) is 5.69 Å². The molecule has 0 saturated carbocycles. The zero-order chi connectivity index (χ0) is 14.7. The zero-order valence-corrected chi connectivity index (χ0v) is 12.1. The van der Waals surface area contributed by atoms with Crippen LogP contribution in [-0.2, 0) is 6.54 Å². The van der Waals surface area contributed by atoms with Crippen molar-refractivity contribution >= 4 is 5.95 Å². The van der Waals surface area contributed by atoms with Gasteiger partial charge in [-0.1, -0.05) is 18.2 Å². The Morgan fingerprint density at radius 1 is 1.14 bits per heavy atom. The molecule has 0 atom stereocenters. The maximum atomic E-state index is 4.33. The van der Waals surface area contributed by atoms with Gasteiger partial charge in [0.15, 0.2) is 0 Å². The van der Waals surface area contributed by atoms with E-state index in [4.69, 9.17) is 0 Å². The Bertz CT molecular complexity index is 698. The topological polar surface area (TPSA) is 60.6 Å². The van der Waals surface area contributed by atoms with Crippen LogP contribution in [0.3, 0.4) is 0 Å². The Labute approximate surface area is 123 Å². The average Bonchev–Trinajstić information content (AvgIpc) is 3.15. The summed E-state index contributed by atoms with van der Waals surface area (Å²) in [6.07, 6.45) is 3.52. The van der Waals surface area contributed by atoms with Crippen LogP contribution < -0.4 is 5.32 Å². The Balaban J connectivity index is 1.78. The van der Waals surface area contributed by atoms with Crippen LogP contribution in [-0.4, -0.2) is 24.5 Å². The van der Waals surface area contributed by atoms with E-state index in [0.717, 1.165) is 17.3 Å². The van der Waals surface area contributed by atoms with Gasteiger partial charge in [-0.15, -0.1) is 10.2 Å². The van der Waals surface area contributed by atoms with Crippen LogP contribution in [0.2, 0.25) is 0 Å². The molecule has 0 spiro atoms. The summed E-state index contributed by atoms with van der Waals surface area (Å²) in [6, 6.07) is 12.4. The Kier molecular flexibility index (Phi) is 3.68. The first-order valence-corrected chi connectivity index (χ1v) is 6.97. The van der Waals surface area contributed by atoms with Crippen molar-refractivity contribution in [1.82, 2.24) is 24.5 Å².